The summed E-state index contributed by atoms with van der Waals surface area (Å²) in [5, 5.41) is 1.99. The molecule has 0 aromatic heterocycles. The summed E-state index contributed by atoms with van der Waals surface area (Å²) in [6.45, 7) is 0. The molecule has 0 heterocycles. The van der Waals surface area contributed by atoms with Crippen molar-refractivity contribution >= 4 is 63.7 Å². The average molecular weight is 450 g/mol. The van der Waals surface area contributed by atoms with Gasteiger partial charge in [0.15, 0.2) is 0 Å². The molecule has 0 radical (unpaired) electrons. The molecular formula is C10H10Br4. The van der Waals surface area contributed by atoms with Crippen molar-refractivity contribution in [1.29, 1.82) is 0 Å². The van der Waals surface area contributed by atoms with Gasteiger partial charge in [0.1, 0.15) is 0 Å². The van der Waals surface area contributed by atoms with Crippen molar-refractivity contribution in [3.63, 3.8) is 0 Å². The topological polar surface area (TPSA) is 0 Å². The molecule has 0 spiro atoms. The van der Waals surface area contributed by atoms with E-state index in [1.54, 1.807) is 0 Å². The van der Waals surface area contributed by atoms with Crippen LogP contribution in [-0.4, -0.2) is 10.7 Å². The van der Waals surface area contributed by atoms with E-state index in [1.807, 2.05) is 0 Å². The summed E-state index contributed by atoms with van der Waals surface area (Å²) in [7, 11) is 0. The molecule has 0 saturated carbocycles. The van der Waals surface area contributed by atoms with Gasteiger partial charge in [-0.1, -0.05) is 63.7 Å². The Labute approximate surface area is 118 Å². The first-order valence-corrected chi connectivity index (χ1v) is 8.10. The molecule has 0 saturated heterocycles. The lowest BCUT2D eigenvalue weighted by atomic mass is 10.1. The lowest BCUT2D eigenvalue weighted by Gasteiger charge is -2.08. The second-order valence-electron chi connectivity index (χ2n) is 2.92. The number of hydrogen-bond acceptors (Lipinski definition) is 0. The largest absolute Gasteiger partial charge is 0.0924 e. The van der Waals surface area contributed by atoms with Crippen LogP contribution in [0.25, 0.3) is 0 Å². The zero-order valence-corrected chi connectivity index (χ0v) is 13.8. The summed E-state index contributed by atoms with van der Waals surface area (Å²) >= 11 is 14.1. The maximum absolute atomic E-state index is 3.60. The summed E-state index contributed by atoms with van der Waals surface area (Å²) < 4.78 is 2.39. The van der Waals surface area contributed by atoms with Crippen LogP contribution in [0.15, 0.2) is 21.1 Å². The van der Waals surface area contributed by atoms with Gasteiger partial charge in [0, 0.05) is 19.6 Å². The highest BCUT2D eigenvalue weighted by molar-refractivity contribution is 9.11. The van der Waals surface area contributed by atoms with Gasteiger partial charge in [-0.25, -0.2) is 0 Å². The van der Waals surface area contributed by atoms with Gasteiger partial charge >= 0.3 is 0 Å². The second kappa shape index (κ2) is 6.66. The molecule has 1 aromatic carbocycles. The fraction of sp³-hybridized carbons (Fsp3) is 0.400. The fourth-order valence-electron chi connectivity index (χ4n) is 1.24. The van der Waals surface area contributed by atoms with Crippen molar-refractivity contribution in [2.45, 2.75) is 12.8 Å². The lowest BCUT2D eigenvalue weighted by Crippen LogP contribution is -1.94. The van der Waals surface area contributed by atoms with E-state index in [2.05, 4.69) is 75.9 Å². The summed E-state index contributed by atoms with van der Waals surface area (Å²) in [5.41, 5.74) is 2.68. The molecular weight excluding hydrogens is 440 g/mol. The monoisotopic (exact) mass is 446 g/mol. The quantitative estimate of drug-likeness (QED) is 0.562. The second-order valence-corrected chi connectivity index (χ2v) is 6.21. The van der Waals surface area contributed by atoms with Gasteiger partial charge in [-0.05, 0) is 36.1 Å². The molecule has 0 N–H and O–H groups in total. The van der Waals surface area contributed by atoms with E-state index in [0.29, 0.717) is 0 Å². The number of aryl methyl sites for hydroxylation is 1. The molecule has 0 atom stereocenters. The standard InChI is InChI=1S/C10H10Br4/c11-3-1-7-5-9(13)8(2-4-12)10(14)6-7/h5-6H,1-4H2. The van der Waals surface area contributed by atoms with Crippen LogP contribution in [0.3, 0.4) is 0 Å². The summed E-state index contributed by atoms with van der Waals surface area (Å²) in [6, 6.07) is 4.40. The van der Waals surface area contributed by atoms with E-state index in [9.17, 15) is 0 Å². The first-order chi connectivity index (χ1) is 6.69. The molecule has 1 aromatic rings. The van der Waals surface area contributed by atoms with Crippen LogP contribution in [-0.2, 0) is 12.8 Å². The van der Waals surface area contributed by atoms with E-state index in [1.165, 1.54) is 20.1 Å². The predicted molar refractivity (Wildman–Crippen MR) is 76.8 cm³/mol. The van der Waals surface area contributed by atoms with Gasteiger partial charge < -0.3 is 0 Å². The van der Waals surface area contributed by atoms with Crippen molar-refractivity contribution in [3.8, 4) is 0 Å². The van der Waals surface area contributed by atoms with Crippen molar-refractivity contribution in [1.82, 2.24) is 0 Å². The van der Waals surface area contributed by atoms with Gasteiger partial charge in [-0.3, -0.25) is 0 Å². The third-order valence-electron chi connectivity index (χ3n) is 1.93. The number of halogens is 4. The van der Waals surface area contributed by atoms with Crippen LogP contribution >= 0.6 is 63.7 Å². The predicted octanol–water partition coefficient (Wildman–Crippen LogP) is 5.09. The van der Waals surface area contributed by atoms with Crippen molar-refractivity contribution in [2.24, 2.45) is 0 Å². The van der Waals surface area contributed by atoms with Gasteiger partial charge in [-0.15, -0.1) is 0 Å². The van der Waals surface area contributed by atoms with Crippen molar-refractivity contribution in [2.75, 3.05) is 10.7 Å². The van der Waals surface area contributed by atoms with Crippen LogP contribution in [0, 0.1) is 0 Å². The lowest BCUT2D eigenvalue weighted by molar-refractivity contribution is 1.10. The Morgan fingerprint density at radius 3 is 1.79 bits per heavy atom. The Bertz CT molecular complexity index is 286. The molecule has 0 aliphatic carbocycles. The minimum absolute atomic E-state index is 0.988. The maximum Gasteiger partial charge on any atom is 0.0221 e. The number of alkyl halides is 2. The average Bonchev–Trinajstić information content (AvgIpc) is 2.12. The Balaban J connectivity index is 2.98. The van der Waals surface area contributed by atoms with Gasteiger partial charge in [0.05, 0.1) is 0 Å². The highest BCUT2D eigenvalue weighted by atomic mass is 79.9. The van der Waals surface area contributed by atoms with Gasteiger partial charge in [0.2, 0.25) is 0 Å². The zero-order valence-electron chi connectivity index (χ0n) is 7.49. The number of hydrogen-bond donors (Lipinski definition) is 0. The maximum atomic E-state index is 3.60. The van der Waals surface area contributed by atoms with Crippen molar-refractivity contribution < 1.29 is 0 Å². The first-order valence-electron chi connectivity index (χ1n) is 4.27. The molecule has 0 amide bonds. The molecule has 0 bridgehead atoms. The van der Waals surface area contributed by atoms with Gasteiger partial charge in [-0.2, -0.15) is 0 Å². The number of benzene rings is 1. The Morgan fingerprint density at radius 2 is 1.36 bits per heavy atom. The molecule has 4 heteroatoms. The van der Waals surface area contributed by atoms with Crippen LogP contribution in [0.4, 0.5) is 0 Å². The van der Waals surface area contributed by atoms with E-state index in [0.717, 1.165) is 23.5 Å². The van der Waals surface area contributed by atoms with Crippen LogP contribution in [0.1, 0.15) is 11.1 Å². The van der Waals surface area contributed by atoms with E-state index >= 15 is 0 Å². The highest BCUT2D eigenvalue weighted by Gasteiger charge is 2.06. The van der Waals surface area contributed by atoms with E-state index in [-0.39, 0.29) is 0 Å². The Morgan fingerprint density at radius 1 is 0.857 bits per heavy atom. The minimum atomic E-state index is 0.988. The smallest absolute Gasteiger partial charge is 0.0221 e. The van der Waals surface area contributed by atoms with Crippen molar-refractivity contribution in [3.05, 3.63) is 32.2 Å². The van der Waals surface area contributed by atoms with Crippen LogP contribution in [0.2, 0.25) is 0 Å². The highest BCUT2D eigenvalue weighted by Crippen LogP contribution is 2.28. The first kappa shape index (κ1) is 13.2. The molecule has 14 heavy (non-hydrogen) atoms. The van der Waals surface area contributed by atoms with Gasteiger partial charge in [0.25, 0.3) is 0 Å². The molecule has 78 valence electrons. The summed E-state index contributed by atoms with van der Waals surface area (Å²) in [6.07, 6.45) is 2.10. The van der Waals surface area contributed by atoms with E-state index < -0.39 is 0 Å². The van der Waals surface area contributed by atoms with E-state index in [4.69, 9.17) is 0 Å². The summed E-state index contributed by atoms with van der Waals surface area (Å²) in [4.78, 5) is 0. The Kier molecular flexibility index (Phi) is 6.29. The Hall–Kier alpha value is 1.14. The third kappa shape index (κ3) is 3.62. The number of rotatable bonds is 4. The molecule has 0 nitrogen and oxygen atoms in total. The molecule has 0 unspecified atom stereocenters. The van der Waals surface area contributed by atoms with Crippen LogP contribution in [0.5, 0.6) is 0 Å². The molecule has 0 fully saturated rings. The molecule has 1 rings (SSSR count). The third-order valence-corrected chi connectivity index (χ3v) is 4.14. The SMILES string of the molecule is BrCCc1cc(Br)c(CCBr)c(Br)c1. The molecule has 0 aliphatic rings. The van der Waals surface area contributed by atoms with Crippen LogP contribution < -0.4 is 0 Å². The summed E-state index contributed by atoms with van der Waals surface area (Å²) in [5.74, 6) is 0. The molecule has 0 aliphatic heterocycles. The minimum Gasteiger partial charge on any atom is -0.0924 e. The normalized spacial score (nSPS) is 10.6. The zero-order chi connectivity index (χ0) is 10.6. The fourth-order valence-corrected chi connectivity index (χ4v) is 3.77.